The molecule has 0 atom stereocenters. The standard InChI is InChI=1S/C39H21N5/c40-22-25-10-17-37-33(19-25)34-20-26(23-41)11-18-38(34)43(37)29-14-12-28(13-15-29)30-16-9-27(24-42)21-39(30)44-35-7-3-1-5-31(35)32-6-2-4-8-36(32)44/h1-21H. The number of rotatable bonds is 3. The lowest BCUT2D eigenvalue weighted by molar-refractivity contribution is 1.17. The van der Waals surface area contributed by atoms with Gasteiger partial charge in [-0.25, -0.2) is 0 Å². The molecule has 0 aliphatic rings. The summed E-state index contributed by atoms with van der Waals surface area (Å²) in [6.07, 6.45) is 0. The Morgan fingerprint density at radius 2 is 0.886 bits per heavy atom. The second-order valence-corrected chi connectivity index (χ2v) is 10.8. The largest absolute Gasteiger partial charge is 0.309 e. The third-order valence-corrected chi connectivity index (χ3v) is 8.41. The van der Waals surface area contributed by atoms with E-state index < -0.39 is 0 Å². The van der Waals surface area contributed by atoms with Crippen LogP contribution in [0.3, 0.4) is 0 Å². The van der Waals surface area contributed by atoms with Gasteiger partial charge in [0.25, 0.3) is 0 Å². The van der Waals surface area contributed by atoms with Crippen LogP contribution in [-0.2, 0) is 0 Å². The highest BCUT2D eigenvalue weighted by molar-refractivity contribution is 6.11. The average molecular weight is 560 g/mol. The topological polar surface area (TPSA) is 81.2 Å². The molecule has 0 spiro atoms. The van der Waals surface area contributed by atoms with Gasteiger partial charge in [0, 0.05) is 32.8 Å². The zero-order chi connectivity index (χ0) is 29.8. The molecular weight excluding hydrogens is 538 g/mol. The van der Waals surface area contributed by atoms with Crippen molar-refractivity contribution in [3.63, 3.8) is 0 Å². The molecule has 0 aliphatic heterocycles. The Kier molecular flexibility index (Phi) is 5.56. The first-order valence-electron chi connectivity index (χ1n) is 14.2. The third-order valence-electron chi connectivity index (χ3n) is 8.41. The molecule has 0 amide bonds. The highest BCUT2D eigenvalue weighted by Crippen LogP contribution is 2.38. The summed E-state index contributed by atoms with van der Waals surface area (Å²) in [6, 6.07) is 49.2. The molecule has 0 unspecified atom stereocenters. The Bertz CT molecular complexity index is 2450. The highest BCUT2D eigenvalue weighted by atomic mass is 15.0. The van der Waals surface area contributed by atoms with Crippen molar-refractivity contribution in [2.75, 3.05) is 0 Å². The van der Waals surface area contributed by atoms with E-state index in [4.69, 9.17) is 0 Å². The smallest absolute Gasteiger partial charge is 0.0992 e. The van der Waals surface area contributed by atoms with E-state index in [-0.39, 0.29) is 0 Å². The van der Waals surface area contributed by atoms with E-state index in [1.807, 2.05) is 66.7 Å². The minimum Gasteiger partial charge on any atom is -0.309 e. The molecular formula is C39H21N5. The minimum absolute atomic E-state index is 0.577. The summed E-state index contributed by atoms with van der Waals surface area (Å²) in [4.78, 5) is 0. The first-order valence-corrected chi connectivity index (χ1v) is 14.2. The number of hydrogen-bond acceptors (Lipinski definition) is 3. The van der Waals surface area contributed by atoms with Gasteiger partial charge in [0.05, 0.1) is 62.7 Å². The van der Waals surface area contributed by atoms with Crippen molar-refractivity contribution in [2.24, 2.45) is 0 Å². The van der Waals surface area contributed by atoms with Crippen LogP contribution in [0, 0.1) is 34.0 Å². The number of hydrogen-bond donors (Lipinski definition) is 0. The monoisotopic (exact) mass is 559 g/mol. The predicted octanol–water partition coefficient (Wildman–Crippen LogP) is 9.16. The van der Waals surface area contributed by atoms with Gasteiger partial charge in [0.2, 0.25) is 0 Å². The molecule has 5 heteroatoms. The second kappa shape index (κ2) is 9.74. The van der Waals surface area contributed by atoms with Crippen LogP contribution in [0.2, 0.25) is 0 Å². The Morgan fingerprint density at radius 3 is 1.43 bits per heavy atom. The van der Waals surface area contributed by atoms with Crippen LogP contribution in [0.1, 0.15) is 16.7 Å². The fourth-order valence-corrected chi connectivity index (χ4v) is 6.44. The van der Waals surface area contributed by atoms with Gasteiger partial charge in [-0.15, -0.1) is 0 Å². The molecule has 5 nitrogen and oxygen atoms in total. The maximum Gasteiger partial charge on any atom is 0.0992 e. The Labute approximate surface area is 252 Å². The SMILES string of the molecule is N#Cc1ccc(-c2ccc(-n3c4ccc(C#N)cc4c4cc(C#N)ccc43)cc2)c(-n2c3ccccc3c3ccccc32)c1. The number of benzene rings is 6. The van der Waals surface area contributed by atoms with E-state index in [1.54, 1.807) is 0 Å². The third kappa shape index (κ3) is 3.70. The summed E-state index contributed by atoms with van der Waals surface area (Å²) < 4.78 is 4.42. The van der Waals surface area contributed by atoms with Crippen molar-refractivity contribution < 1.29 is 0 Å². The van der Waals surface area contributed by atoms with Crippen LogP contribution in [0.25, 0.3) is 66.1 Å². The fraction of sp³-hybridized carbons (Fsp3) is 0. The molecule has 8 rings (SSSR count). The van der Waals surface area contributed by atoms with Crippen molar-refractivity contribution in [3.05, 3.63) is 144 Å². The highest BCUT2D eigenvalue weighted by Gasteiger charge is 2.17. The molecule has 6 aromatic carbocycles. The van der Waals surface area contributed by atoms with Gasteiger partial charge in [-0.3, -0.25) is 0 Å². The Balaban J connectivity index is 1.33. The Morgan fingerprint density at radius 1 is 0.409 bits per heavy atom. The summed E-state index contributed by atoms with van der Waals surface area (Å²) in [5, 5.41) is 33.1. The van der Waals surface area contributed by atoms with E-state index in [1.165, 1.54) is 0 Å². The summed E-state index contributed by atoms with van der Waals surface area (Å²) in [7, 11) is 0. The van der Waals surface area contributed by atoms with E-state index >= 15 is 0 Å². The molecule has 2 aromatic heterocycles. The number of nitriles is 3. The number of aromatic nitrogens is 2. The van der Waals surface area contributed by atoms with Gasteiger partial charge in [0.1, 0.15) is 0 Å². The van der Waals surface area contributed by atoms with Gasteiger partial charge >= 0.3 is 0 Å². The first kappa shape index (κ1) is 25.1. The maximum absolute atomic E-state index is 9.83. The van der Waals surface area contributed by atoms with Crippen molar-refractivity contribution in [1.29, 1.82) is 15.8 Å². The number of nitrogens with zero attached hydrogens (tertiary/aromatic N) is 5. The fourth-order valence-electron chi connectivity index (χ4n) is 6.44. The summed E-state index contributed by atoms with van der Waals surface area (Å²) in [5.74, 6) is 0. The van der Waals surface area contributed by atoms with E-state index in [9.17, 15) is 15.8 Å². The molecule has 2 heterocycles. The van der Waals surface area contributed by atoms with Crippen LogP contribution >= 0.6 is 0 Å². The first-order chi connectivity index (χ1) is 21.7. The van der Waals surface area contributed by atoms with E-state index in [0.717, 1.165) is 66.1 Å². The zero-order valence-corrected chi connectivity index (χ0v) is 23.4. The molecule has 0 fully saturated rings. The molecule has 0 saturated carbocycles. The summed E-state index contributed by atoms with van der Waals surface area (Å²) in [6.45, 7) is 0. The molecule has 8 aromatic rings. The number of fused-ring (bicyclic) bond motifs is 6. The second-order valence-electron chi connectivity index (χ2n) is 10.8. The van der Waals surface area contributed by atoms with Crippen molar-refractivity contribution in [1.82, 2.24) is 9.13 Å². The maximum atomic E-state index is 9.83. The average Bonchev–Trinajstić information content (AvgIpc) is 3.60. The van der Waals surface area contributed by atoms with Crippen LogP contribution in [0.5, 0.6) is 0 Å². The molecule has 0 bridgehead atoms. The molecule has 0 aliphatic carbocycles. The number of para-hydroxylation sites is 2. The van der Waals surface area contributed by atoms with Crippen molar-refractivity contribution >= 4 is 43.6 Å². The normalized spacial score (nSPS) is 11.1. The molecule has 202 valence electrons. The van der Waals surface area contributed by atoms with Gasteiger partial charge in [-0.2, -0.15) is 15.8 Å². The predicted molar refractivity (Wildman–Crippen MR) is 175 cm³/mol. The van der Waals surface area contributed by atoms with Gasteiger partial charge < -0.3 is 9.13 Å². The summed E-state index contributed by atoms with van der Waals surface area (Å²) >= 11 is 0. The lowest BCUT2D eigenvalue weighted by Gasteiger charge is -2.15. The van der Waals surface area contributed by atoms with Crippen LogP contribution in [-0.4, -0.2) is 9.13 Å². The van der Waals surface area contributed by atoms with Gasteiger partial charge in [0.15, 0.2) is 0 Å². The minimum atomic E-state index is 0.577. The lowest BCUT2D eigenvalue weighted by Crippen LogP contribution is -1.99. The van der Waals surface area contributed by atoms with Crippen molar-refractivity contribution in [2.45, 2.75) is 0 Å². The van der Waals surface area contributed by atoms with Crippen LogP contribution in [0.15, 0.2) is 127 Å². The molecule has 44 heavy (non-hydrogen) atoms. The summed E-state index contributed by atoms with van der Waals surface area (Å²) in [5.41, 5.74) is 9.80. The molecule has 0 saturated heterocycles. The lowest BCUT2D eigenvalue weighted by atomic mass is 10.0. The van der Waals surface area contributed by atoms with Gasteiger partial charge in [-0.05, 0) is 78.4 Å². The van der Waals surface area contributed by atoms with Gasteiger partial charge in [-0.1, -0.05) is 54.6 Å². The van der Waals surface area contributed by atoms with E-state index in [2.05, 4.69) is 88.0 Å². The van der Waals surface area contributed by atoms with E-state index in [0.29, 0.717) is 16.7 Å². The van der Waals surface area contributed by atoms with Crippen LogP contribution < -0.4 is 0 Å². The van der Waals surface area contributed by atoms with Crippen LogP contribution in [0.4, 0.5) is 0 Å². The quantitative estimate of drug-likeness (QED) is 0.216. The van der Waals surface area contributed by atoms with Crippen molar-refractivity contribution in [3.8, 4) is 40.7 Å². The zero-order valence-electron chi connectivity index (χ0n) is 23.4. The molecule has 0 radical (unpaired) electrons. The Hall–Kier alpha value is -6.61. The molecule has 0 N–H and O–H groups in total.